The highest BCUT2D eigenvalue weighted by molar-refractivity contribution is 5.76. The van der Waals surface area contributed by atoms with Crippen molar-refractivity contribution in [2.75, 3.05) is 0 Å². The zero-order chi connectivity index (χ0) is 14.9. The maximum Gasteiger partial charge on any atom is 0.260 e. The fourth-order valence-corrected chi connectivity index (χ4v) is 1.84. The zero-order valence-corrected chi connectivity index (χ0v) is 11.6. The minimum absolute atomic E-state index is 0.0320. The van der Waals surface area contributed by atoms with E-state index in [2.05, 4.69) is 10.5 Å². The summed E-state index contributed by atoms with van der Waals surface area (Å²) in [5.41, 5.74) is 3.44. The fourth-order valence-electron chi connectivity index (χ4n) is 1.84. The van der Waals surface area contributed by atoms with Gasteiger partial charge in [-0.05, 0) is 24.5 Å². The molecule has 1 N–H and O–H groups in total. The van der Waals surface area contributed by atoms with Gasteiger partial charge in [0.15, 0.2) is 0 Å². The highest BCUT2D eigenvalue weighted by Gasteiger charge is 2.01. The third-order valence-corrected chi connectivity index (χ3v) is 2.90. The topological polar surface area (TPSA) is 63.5 Å². The maximum absolute atomic E-state index is 11.6. The number of nitrogens with one attached hydrogen (secondary N) is 1. The number of nitrogens with zero attached hydrogens (tertiary/aromatic N) is 2. The monoisotopic (exact) mass is 283 g/mol. The molecule has 0 radical (unpaired) electrons. The van der Waals surface area contributed by atoms with E-state index < -0.39 is 0 Å². The molecule has 108 valence electrons. The van der Waals surface area contributed by atoms with Crippen LogP contribution in [0, 0.1) is 0 Å². The lowest BCUT2D eigenvalue weighted by Crippen LogP contribution is -2.28. The molecule has 2 rings (SSSR count). The van der Waals surface area contributed by atoms with Crippen molar-refractivity contribution >= 4 is 12.1 Å². The second-order valence-corrected chi connectivity index (χ2v) is 4.54. The summed E-state index contributed by atoms with van der Waals surface area (Å²) in [4.78, 5) is 23.0. The lowest BCUT2D eigenvalue weighted by atomic mass is 10.1. The van der Waals surface area contributed by atoms with Crippen molar-refractivity contribution in [3.8, 4) is 0 Å². The molecule has 1 aromatic heterocycles. The van der Waals surface area contributed by atoms with Gasteiger partial charge in [0.2, 0.25) is 0 Å². The molecule has 0 unspecified atom stereocenters. The molecule has 0 spiro atoms. The number of aromatic nitrogens is 1. The molecule has 5 heteroatoms. The molecular formula is C16H17N3O2. The molecule has 0 saturated heterocycles. The van der Waals surface area contributed by atoms with Gasteiger partial charge in [-0.1, -0.05) is 36.4 Å². The minimum atomic E-state index is -0.320. The van der Waals surface area contributed by atoms with Crippen molar-refractivity contribution < 1.29 is 4.79 Å². The number of hydrazone groups is 1. The number of carbonyl (C=O) groups excluding carboxylic acids is 1. The summed E-state index contributed by atoms with van der Waals surface area (Å²) >= 11 is 0. The van der Waals surface area contributed by atoms with E-state index in [9.17, 15) is 9.59 Å². The number of aryl methyl sites for hydroxylation is 1. The van der Waals surface area contributed by atoms with Gasteiger partial charge in [0.05, 0.1) is 0 Å². The molecule has 0 aliphatic carbocycles. The van der Waals surface area contributed by atoms with Crippen LogP contribution in [0.3, 0.4) is 0 Å². The van der Waals surface area contributed by atoms with Crippen LogP contribution in [0.4, 0.5) is 0 Å². The number of pyridine rings is 1. The van der Waals surface area contributed by atoms with E-state index in [0.29, 0.717) is 0 Å². The summed E-state index contributed by atoms with van der Waals surface area (Å²) in [6.45, 7) is -0.0320. The Balaban J connectivity index is 1.73. The Morgan fingerprint density at radius 3 is 2.67 bits per heavy atom. The highest BCUT2D eigenvalue weighted by Crippen LogP contribution is 2.00. The van der Waals surface area contributed by atoms with Gasteiger partial charge in [-0.3, -0.25) is 9.59 Å². The summed E-state index contributed by atoms with van der Waals surface area (Å²) in [6, 6.07) is 14.8. The average molecular weight is 283 g/mol. The third-order valence-electron chi connectivity index (χ3n) is 2.90. The first-order valence-corrected chi connectivity index (χ1v) is 6.75. The van der Waals surface area contributed by atoms with Gasteiger partial charge < -0.3 is 4.57 Å². The third kappa shape index (κ3) is 5.06. The molecule has 0 aliphatic rings. The van der Waals surface area contributed by atoms with E-state index in [-0.39, 0.29) is 18.0 Å². The van der Waals surface area contributed by atoms with Crippen LogP contribution in [0.2, 0.25) is 0 Å². The second-order valence-electron chi connectivity index (χ2n) is 4.54. The lowest BCUT2D eigenvalue weighted by molar-refractivity contribution is -0.121. The van der Waals surface area contributed by atoms with E-state index in [4.69, 9.17) is 0 Å². The van der Waals surface area contributed by atoms with Crippen molar-refractivity contribution in [2.24, 2.45) is 5.10 Å². The van der Waals surface area contributed by atoms with Gasteiger partial charge in [-0.25, -0.2) is 5.43 Å². The van der Waals surface area contributed by atoms with E-state index in [1.54, 1.807) is 24.5 Å². The zero-order valence-electron chi connectivity index (χ0n) is 11.6. The van der Waals surface area contributed by atoms with Crippen LogP contribution >= 0.6 is 0 Å². The summed E-state index contributed by atoms with van der Waals surface area (Å²) in [6.07, 6.45) is 4.85. The molecule has 2 aromatic rings. The number of amides is 1. The summed E-state index contributed by atoms with van der Waals surface area (Å²) in [5.74, 6) is -0.320. The molecule has 1 amide bonds. The lowest BCUT2D eigenvalue weighted by Gasteiger charge is -2.03. The van der Waals surface area contributed by atoms with E-state index >= 15 is 0 Å². The maximum atomic E-state index is 11.6. The van der Waals surface area contributed by atoms with Crippen molar-refractivity contribution in [1.29, 1.82) is 0 Å². The first kappa shape index (κ1) is 14.7. The van der Waals surface area contributed by atoms with Crippen molar-refractivity contribution in [3.05, 3.63) is 70.6 Å². The van der Waals surface area contributed by atoms with Crippen molar-refractivity contribution in [2.45, 2.75) is 19.4 Å². The first-order valence-electron chi connectivity index (χ1n) is 6.75. The molecule has 0 saturated carbocycles. The Hall–Kier alpha value is -2.69. The number of carbonyl (C=O) groups is 1. The minimum Gasteiger partial charge on any atom is -0.306 e. The molecule has 0 fully saturated rings. The average Bonchev–Trinajstić information content (AvgIpc) is 2.50. The Labute approximate surface area is 122 Å². The number of benzene rings is 1. The number of hydrogen-bond acceptors (Lipinski definition) is 3. The predicted octanol–water partition coefficient (Wildman–Crippen LogP) is 1.58. The standard InChI is InChI=1S/C16H17N3O2/c20-15(13-19-12-5-4-10-16(19)21)18-17-11-6-9-14-7-2-1-3-8-14/h1-5,7-8,10-12H,6,9,13H2,(H,18,20)/b17-11-. The van der Waals surface area contributed by atoms with Crippen LogP contribution in [-0.2, 0) is 17.8 Å². The van der Waals surface area contributed by atoms with E-state index in [0.717, 1.165) is 12.8 Å². The second kappa shape index (κ2) is 7.79. The highest BCUT2D eigenvalue weighted by atomic mass is 16.2. The quantitative estimate of drug-likeness (QED) is 0.646. The Morgan fingerprint density at radius 1 is 1.14 bits per heavy atom. The molecular weight excluding hydrogens is 266 g/mol. The van der Waals surface area contributed by atoms with Crippen molar-refractivity contribution in [1.82, 2.24) is 9.99 Å². The normalized spacial score (nSPS) is 10.7. The molecule has 1 heterocycles. The number of rotatable bonds is 6. The summed E-state index contributed by atoms with van der Waals surface area (Å²) < 4.78 is 1.33. The first-order chi connectivity index (χ1) is 10.3. The Morgan fingerprint density at radius 2 is 1.90 bits per heavy atom. The van der Waals surface area contributed by atoms with E-state index in [1.165, 1.54) is 16.2 Å². The van der Waals surface area contributed by atoms with Gasteiger partial charge in [0.25, 0.3) is 11.5 Å². The van der Waals surface area contributed by atoms with Crippen LogP contribution in [0.25, 0.3) is 0 Å². The van der Waals surface area contributed by atoms with Crippen LogP contribution in [0.5, 0.6) is 0 Å². The largest absolute Gasteiger partial charge is 0.306 e. The van der Waals surface area contributed by atoms with Crippen LogP contribution in [0.1, 0.15) is 12.0 Å². The number of hydrogen-bond donors (Lipinski definition) is 1. The molecule has 0 aliphatic heterocycles. The van der Waals surface area contributed by atoms with Gasteiger partial charge >= 0.3 is 0 Å². The summed E-state index contributed by atoms with van der Waals surface area (Å²) in [7, 11) is 0. The van der Waals surface area contributed by atoms with Gasteiger partial charge in [-0.2, -0.15) is 5.10 Å². The molecule has 1 aromatic carbocycles. The Bertz CT molecular complexity index is 662. The van der Waals surface area contributed by atoms with Crippen LogP contribution in [0.15, 0.2) is 64.6 Å². The molecule has 5 nitrogen and oxygen atoms in total. The molecule has 0 atom stereocenters. The fraction of sp³-hybridized carbons (Fsp3) is 0.188. The SMILES string of the molecule is O=C(Cn1ccccc1=O)N/N=C\CCc1ccccc1. The predicted molar refractivity (Wildman–Crippen MR) is 82.1 cm³/mol. The van der Waals surface area contributed by atoms with Crippen LogP contribution in [-0.4, -0.2) is 16.7 Å². The molecule has 0 bridgehead atoms. The van der Waals surface area contributed by atoms with E-state index in [1.807, 2.05) is 30.3 Å². The van der Waals surface area contributed by atoms with Crippen LogP contribution < -0.4 is 11.0 Å². The summed E-state index contributed by atoms with van der Waals surface area (Å²) in [5, 5.41) is 3.87. The van der Waals surface area contributed by atoms with Gasteiger partial charge in [0, 0.05) is 18.5 Å². The van der Waals surface area contributed by atoms with Gasteiger partial charge in [-0.15, -0.1) is 0 Å². The smallest absolute Gasteiger partial charge is 0.260 e. The molecule has 21 heavy (non-hydrogen) atoms. The van der Waals surface area contributed by atoms with Crippen molar-refractivity contribution in [3.63, 3.8) is 0 Å². The van der Waals surface area contributed by atoms with Gasteiger partial charge in [0.1, 0.15) is 6.54 Å². The Kier molecular flexibility index (Phi) is 5.46.